The number of rotatable bonds is 4. The third-order valence-corrected chi connectivity index (χ3v) is 2.87. The van der Waals surface area contributed by atoms with Gasteiger partial charge < -0.3 is 10.6 Å². The fourth-order valence-corrected chi connectivity index (χ4v) is 1.93. The van der Waals surface area contributed by atoms with E-state index in [9.17, 15) is 18.0 Å². The molecule has 94 valence electrons. The van der Waals surface area contributed by atoms with Crippen LogP contribution in [0.2, 0.25) is 0 Å². The highest BCUT2D eigenvalue weighted by Gasteiger charge is 2.28. The van der Waals surface area contributed by atoms with E-state index in [1.165, 1.54) is 0 Å². The fraction of sp³-hybridized carbons (Fsp3) is 0.900. The van der Waals surface area contributed by atoms with Gasteiger partial charge in [-0.3, -0.25) is 4.79 Å². The first-order valence-electron chi connectivity index (χ1n) is 5.45. The minimum absolute atomic E-state index is 0.0366. The van der Waals surface area contributed by atoms with E-state index in [1.54, 1.807) is 0 Å². The van der Waals surface area contributed by atoms with Crippen LogP contribution in [0.4, 0.5) is 13.2 Å². The summed E-state index contributed by atoms with van der Waals surface area (Å²) in [5.74, 6) is -0.105. The lowest BCUT2D eigenvalue weighted by atomic mass is 10.1. The number of alkyl halides is 3. The van der Waals surface area contributed by atoms with Crippen LogP contribution >= 0.6 is 0 Å². The van der Waals surface area contributed by atoms with E-state index < -0.39 is 18.6 Å². The van der Waals surface area contributed by atoms with E-state index in [-0.39, 0.29) is 12.6 Å². The molecule has 3 nitrogen and oxygen atoms in total. The largest absolute Gasteiger partial charge is 0.405 e. The molecule has 2 N–H and O–H groups in total. The predicted octanol–water partition coefficient (Wildman–Crippen LogP) is 1.44. The summed E-state index contributed by atoms with van der Waals surface area (Å²) < 4.78 is 35.4. The molecule has 2 unspecified atom stereocenters. The molecule has 16 heavy (non-hydrogen) atoms. The van der Waals surface area contributed by atoms with E-state index in [1.807, 2.05) is 5.32 Å². The number of nitrogens with one attached hydrogen (secondary N) is 2. The predicted molar refractivity (Wildman–Crippen MR) is 53.9 cm³/mol. The highest BCUT2D eigenvalue weighted by molar-refractivity contribution is 5.78. The summed E-state index contributed by atoms with van der Waals surface area (Å²) in [4.78, 5) is 11.1. The second-order valence-electron chi connectivity index (χ2n) is 4.29. The Labute approximate surface area is 92.8 Å². The molecular formula is C10H17F3N2O. The number of halogens is 3. The summed E-state index contributed by atoms with van der Waals surface area (Å²) in [5.41, 5.74) is 0. The van der Waals surface area contributed by atoms with E-state index in [0.717, 1.165) is 19.3 Å². The van der Waals surface area contributed by atoms with Gasteiger partial charge in [-0.2, -0.15) is 13.2 Å². The second kappa shape index (κ2) is 5.52. The molecule has 1 aliphatic carbocycles. The van der Waals surface area contributed by atoms with E-state index in [0.29, 0.717) is 5.92 Å². The van der Waals surface area contributed by atoms with Gasteiger partial charge in [0.15, 0.2) is 0 Å². The van der Waals surface area contributed by atoms with Crippen molar-refractivity contribution in [2.45, 2.75) is 38.4 Å². The molecule has 2 atom stereocenters. The monoisotopic (exact) mass is 238 g/mol. The van der Waals surface area contributed by atoms with Gasteiger partial charge in [0.2, 0.25) is 5.91 Å². The number of hydrogen-bond donors (Lipinski definition) is 2. The van der Waals surface area contributed by atoms with Gasteiger partial charge in [0.25, 0.3) is 0 Å². The van der Waals surface area contributed by atoms with Crippen molar-refractivity contribution in [2.24, 2.45) is 5.92 Å². The van der Waals surface area contributed by atoms with Crippen molar-refractivity contribution < 1.29 is 18.0 Å². The lowest BCUT2D eigenvalue weighted by Gasteiger charge is -2.17. The van der Waals surface area contributed by atoms with Gasteiger partial charge in [0.05, 0.1) is 6.54 Å². The summed E-state index contributed by atoms with van der Waals surface area (Å²) in [7, 11) is 0. The Balaban J connectivity index is 2.15. The minimum Gasteiger partial charge on any atom is -0.346 e. The summed E-state index contributed by atoms with van der Waals surface area (Å²) in [6, 6.07) is 0.261. The molecule has 0 saturated heterocycles. The molecule has 1 saturated carbocycles. The number of carbonyl (C=O) groups excluding carboxylic acids is 1. The highest BCUT2D eigenvalue weighted by Crippen LogP contribution is 2.24. The average Bonchev–Trinajstić information content (AvgIpc) is 2.57. The molecule has 1 rings (SSSR count). The topological polar surface area (TPSA) is 41.1 Å². The van der Waals surface area contributed by atoms with Crippen molar-refractivity contribution in [2.75, 3.05) is 13.1 Å². The molecule has 0 radical (unpaired) electrons. The smallest absolute Gasteiger partial charge is 0.346 e. The van der Waals surface area contributed by atoms with Gasteiger partial charge in [0, 0.05) is 6.04 Å². The molecule has 1 fully saturated rings. The number of carbonyl (C=O) groups is 1. The maximum Gasteiger partial charge on any atom is 0.405 e. The Bertz CT molecular complexity index is 243. The minimum atomic E-state index is -4.34. The van der Waals surface area contributed by atoms with Gasteiger partial charge in [-0.15, -0.1) is 0 Å². The molecular weight excluding hydrogens is 221 g/mol. The maximum absolute atomic E-state index is 11.8. The first kappa shape index (κ1) is 13.3. The first-order chi connectivity index (χ1) is 7.38. The van der Waals surface area contributed by atoms with Crippen molar-refractivity contribution in [1.29, 1.82) is 0 Å². The summed E-state index contributed by atoms with van der Waals surface area (Å²) >= 11 is 0. The molecule has 0 heterocycles. The van der Waals surface area contributed by atoms with Crippen molar-refractivity contribution in [3.8, 4) is 0 Å². The maximum atomic E-state index is 11.8. The molecule has 6 heteroatoms. The second-order valence-corrected chi connectivity index (χ2v) is 4.29. The van der Waals surface area contributed by atoms with Gasteiger partial charge in [0.1, 0.15) is 6.54 Å². The summed E-state index contributed by atoms with van der Waals surface area (Å²) in [5, 5.41) is 4.82. The highest BCUT2D eigenvalue weighted by atomic mass is 19.4. The Hall–Kier alpha value is -0.780. The molecule has 0 bridgehead atoms. The van der Waals surface area contributed by atoms with Crippen LogP contribution in [0.3, 0.4) is 0 Å². The Morgan fingerprint density at radius 3 is 2.56 bits per heavy atom. The van der Waals surface area contributed by atoms with Gasteiger partial charge in [-0.25, -0.2) is 0 Å². The Morgan fingerprint density at radius 2 is 2.06 bits per heavy atom. The third-order valence-electron chi connectivity index (χ3n) is 2.87. The molecule has 0 aromatic rings. The molecule has 0 aliphatic heterocycles. The SMILES string of the molecule is CC1CCCC1NCC(=O)NCC(F)(F)F. The molecule has 0 aromatic heterocycles. The van der Waals surface area contributed by atoms with Gasteiger partial charge in [-0.1, -0.05) is 13.3 Å². The van der Waals surface area contributed by atoms with Crippen LogP contribution in [0, 0.1) is 5.92 Å². The molecule has 0 aromatic carbocycles. The fourth-order valence-electron chi connectivity index (χ4n) is 1.93. The summed E-state index contributed by atoms with van der Waals surface area (Å²) in [6.07, 6.45) is -1.12. The van der Waals surface area contributed by atoms with Crippen molar-refractivity contribution in [1.82, 2.24) is 10.6 Å². The van der Waals surface area contributed by atoms with E-state index in [2.05, 4.69) is 12.2 Å². The standard InChI is InChI=1S/C10H17F3N2O/c1-7-3-2-4-8(7)14-5-9(16)15-6-10(11,12)13/h7-8,14H,2-6H2,1H3,(H,15,16). The Morgan fingerprint density at radius 1 is 1.38 bits per heavy atom. The first-order valence-corrected chi connectivity index (χ1v) is 5.45. The molecule has 0 spiro atoms. The zero-order valence-electron chi connectivity index (χ0n) is 9.23. The van der Waals surface area contributed by atoms with Crippen molar-refractivity contribution in [3.05, 3.63) is 0 Å². The van der Waals surface area contributed by atoms with Crippen LogP contribution in [-0.4, -0.2) is 31.2 Å². The van der Waals surface area contributed by atoms with Crippen molar-refractivity contribution >= 4 is 5.91 Å². The normalized spacial score (nSPS) is 25.8. The number of hydrogen-bond acceptors (Lipinski definition) is 2. The molecule has 1 aliphatic rings. The summed E-state index contributed by atoms with van der Waals surface area (Å²) in [6.45, 7) is 0.789. The third kappa shape index (κ3) is 4.83. The molecule has 1 amide bonds. The van der Waals surface area contributed by atoms with Crippen LogP contribution in [0.1, 0.15) is 26.2 Å². The zero-order valence-corrected chi connectivity index (χ0v) is 9.23. The van der Waals surface area contributed by atoms with Crippen LogP contribution in [-0.2, 0) is 4.79 Å². The van der Waals surface area contributed by atoms with Crippen molar-refractivity contribution in [3.63, 3.8) is 0 Å². The van der Waals surface area contributed by atoms with Crippen LogP contribution < -0.4 is 10.6 Å². The lowest BCUT2D eigenvalue weighted by molar-refractivity contribution is -0.138. The lowest BCUT2D eigenvalue weighted by Crippen LogP contribution is -2.42. The van der Waals surface area contributed by atoms with Gasteiger partial charge >= 0.3 is 6.18 Å². The zero-order chi connectivity index (χ0) is 12.2. The Kier molecular flexibility index (Phi) is 4.58. The van der Waals surface area contributed by atoms with E-state index in [4.69, 9.17) is 0 Å². The van der Waals surface area contributed by atoms with Gasteiger partial charge in [-0.05, 0) is 18.8 Å². The van der Waals surface area contributed by atoms with Crippen LogP contribution in [0.25, 0.3) is 0 Å². The average molecular weight is 238 g/mol. The quantitative estimate of drug-likeness (QED) is 0.778. The van der Waals surface area contributed by atoms with Crippen LogP contribution in [0.5, 0.6) is 0 Å². The van der Waals surface area contributed by atoms with E-state index >= 15 is 0 Å². The van der Waals surface area contributed by atoms with Crippen LogP contribution in [0.15, 0.2) is 0 Å². The number of amides is 1.